The van der Waals surface area contributed by atoms with Crippen LogP contribution in [0.4, 0.5) is 11.4 Å². The van der Waals surface area contributed by atoms with Crippen molar-refractivity contribution in [3.05, 3.63) is 18.2 Å². The number of carbonyl (C=O) groups excluding carboxylic acids is 1. The van der Waals surface area contributed by atoms with Gasteiger partial charge in [-0.15, -0.1) is 0 Å². The number of unbranched alkanes of at least 4 members (excludes halogenated alkanes) is 1. The van der Waals surface area contributed by atoms with Crippen LogP contribution >= 0.6 is 21.6 Å². The van der Waals surface area contributed by atoms with Crippen LogP contribution in [-0.2, 0) is 29.2 Å². The number of fused-ring (bicyclic) bond motifs is 1. The molecule has 10 nitrogen and oxygen atoms in total. The number of benzene rings is 2. The average Bonchev–Trinajstić information content (AvgIpc) is 3.26. The molecule has 1 fully saturated rings. The van der Waals surface area contributed by atoms with E-state index in [1.54, 1.807) is 0 Å². The van der Waals surface area contributed by atoms with Gasteiger partial charge in [-0.3, -0.25) is 13.5 Å². The first-order valence-electron chi connectivity index (χ1n) is 9.89. The Morgan fingerprint density at radius 1 is 1.24 bits per heavy atom. The third-order valence-corrected chi connectivity index (χ3v) is 10.3. The molecule has 1 heterocycles. The Hall–Kier alpha value is -1.71. The number of nitrogen functional groups attached to an aromatic ring is 1. The number of rotatable bonds is 9. The highest BCUT2D eigenvalue weighted by Gasteiger charge is 2.25. The Balaban J connectivity index is 1.94. The highest BCUT2D eigenvalue weighted by atomic mass is 33.1. The maximum Gasteiger partial charge on any atom is 0.296 e. The molecule has 182 valence electrons. The molecular weight excluding hydrogens is 512 g/mol. The minimum atomic E-state index is -4.82. The third kappa shape index (κ3) is 6.05. The highest BCUT2D eigenvalue weighted by molar-refractivity contribution is 8.77. The molecule has 0 aromatic heterocycles. The summed E-state index contributed by atoms with van der Waals surface area (Å²) < 4.78 is 61.7. The van der Waals surface area contributed by atoms with Crippen LogP contribution < -0.4 is 11.1 Å². The van der Waals surface area contributed by atoms with Crippen molar-refractivity contribution in [2.24, 2.45) is 0 Å². The van der Waals surface area contributed by atoms with Gasteiger partial charge < -0.3 is 16.2 Å². The van der Waals surface area contributed by atoms with E-state index in [2.05, 4.69) is 9.50 Å². The summed E-state index contributed by atoms with van der Waals surface area (Å²) in [5.41, 5.74) is 4.98. The molecule has 1 aliphatic heterocycles. The van der Waals surface area contributed by atoms with Crippen molar-refractivity contribution >= 4 is 69.9 Å². The number of nitrogens with one attached hydrogen (secondary N) is 1. The van der Waals surface area contributed by atoms with E-state index in [4.69, 9.17) is 5.73 Å². The maximum atomic E-state index is 12.6. The van der Waals surface area contributed by atoms with Gasteiger partial charge in [-0.2, -0.15) is 16.8 Å². The summed E-state index contributed by atoms with van der Waals surface area (Å²) in [5.74, 6) is 0.0105. The van der Waals surface area contributed by atoms with Gasteiger partial charge >= 0.3 is 0 Å². The lowest BCUT2D eigenvalue weighted by atomic mass is 10.1. The van der Waals surface area contributed by atoms with E-state index in [9.17, 15) is 31.3 Å². The first-order valence-corrected chi connectivity index (χ1v) is 15.1. The van der Waals surface area contributed by atoms with Gasteiger partial charge in [0.2, 0.25) is 5.91 Å². The van der Waals surface area contributed by atoms with Crippen molar-refractivity contribution < 1.29 is 35.5 Å². The van der Waals surface area contributed by atoms with E-state index in [0.29, 0.717) is 11.7 Å². The van der Waals surface area contributed by atoms with Crippen molar-refractivity contribution in [3.8, 4) is 5.75 Å². The monoisotopic (exact) mass is 536 g/mol. The number of aromatic hydroxyl groups is 1. The predicted octanol–water partition coefficient (Wildman–Crippen LogP) is 3.36. The molecule has 1 unspecified atom stereocenters. The molecule has 0 aliphatic carbocycles. The molecule has 1 saturated heterocycles. The molecule has 1 aliphatic rings. The minimum Gasteiger partial charge on any atom is -0.505 e. The number of phenolic OH excluding ortho intramolecular Hbond substituents is 1. The maximum absolute atomic E-state index is 12.6. The zero-order chi connectivity index (χ0) is 24.4. The second kappa shape index (κ2) is 10.3. The van der Waals surface area contributed by atoms with Crippen LogP contribution in [0, 0.1) is 0 Å². The lowest BCUT2D eigenvalue weighted by molar-refractivity contribution is -0.116. The average molecular weight is 537 g/mol. The number of amides is 1. The molecule has 0 bridgehead atoms. The van der Waals surface area contributed by atoms with E-state index in [1.165, 1.54) is 0 Å². The molecule has 5 N–H and O–H groups in total. The summed E-state index contributed by atoms with van der Waals surface area (Å²) >= 11 is 0. The van der Waals surface area contributed by atoms with Gasteiger partial charge in [0.05, 0.1) is 23.4 Å². The summed E-state index contributed by atoms with van der Waals surface area (Å²) in [6.07, 6.45) is 3.82. The number of hydrogen-bond acceptors (Lipinski definition) is 10. The first kappa shape index (κ1) is 25.9. The fraction of sp³-hybridized carbons (Fsp3) is 0.421. The fourth-order valence-corrected chi connectivity index (χ4v) is 7.88. The van der Waals surface area contributed by atoms with Crippen LogP contribution in [0.1, 0.15) is 32.1 Å². The largest absolute Gasteiger partial charge is 0.505 e. The van der Waals surface area contributed by atoms with Gasteiger partial charge in [-0.25, -0.2) is 0 Å². The molecule has 0 saturated carbocycles. The number of anilines is 2. The topological polar surface area (TPSA) is 173 Å². The SMILES string of the molecule is COS(=O)(=O)c1cc(NC(=O)CCCCC2CCSS2)c2c(O)c(N)c(S(=O)(=O)O)cc2c1. The van der Waals surface area contributed by atoms with Crippen molar-refractivity contribution in [3.63, 3.8) is 0 Å². The molecule has 33 heavy (non-hydrogen) atoms. The molecule has 3 rings (SSSR count). The van der Waals surface area contributed by atoms with Gasteiger partial charge in [-0.05, 0) is 42.8 Å². The molecular formula is C19H24N2O8S4. The van der Waals surface area contributed by atoms with Crippen LogP contribution in [0.3, 0.4) is 0 Å². The Labute approximate surface area is 199 Å². The van der Waals surface area contributed by atoms with Crippen molar-refractivity contribution in [2.45, 2.75) is 47.1 Å². The third-order valence-electron chi connectivity index (χ3n) is 5.15. The number of nitrogens with two attached hydrogens (primary N) is 1. The van der Waals surface area contributed by atoms with Gasteiger partial charge in [-0.1, -0.05) is 28.0 Å². The molecule has 2 aromatic rings. The van der Waals surface area contributed by atoms with Crippen LogP contribution in [0.5, 0.6) is 5.75 Å². The Morgan fingerprint density at radius 3 is 2.58 bits per heavy atom. The van der Waals surface area contributed by atoms with E-state index >= 15 is 0 Å². The molecule has 14 heteroatoms. The van der Waals surface area contributed by atoms with Crippen LogP contribution in [0.2, 0.25) is 0 Å². The van der Waals surface area contributed by atoms with Crippen molar-refractivity contribution in [1.29, 1.82) is 0 Å². The number of carbonyl (C=O) groups is 1. The van der Waals surface area contributed by atoms with Gasteiger partial charge in [0, 0.05) is 22.8 Å². The van der Waals surface area contributed by atoms with Crippen molar-refractivity contribution in [2.75, 3.05) is 23.9 Å². The first-order chi connectivity index (χ1) is 15.4. The summed E-state index contributed by atoms with van der Waals surface area (Å²) in [5, 5.41) is 13.6. The van der Waals surface area contributed by atoms with E-state index in [-0.39, 0.29) is 27.8 Å². The smallest absolute Gasteiger partial charge is 0.296 e. The Morgan fingerprint density at radius 2 is 1.97 bits per heavy atom. The Kier molecular flexibility index (Phi) is 8.07. The van der Waals surface area contributed by atoms with Gasteiger partial charge in [0.1, 0.15) is 10.6 Å². The Bertz CT molecular complexity index is 1270. The zero-order valence-electron chi connectivity index (χ0n) is 17.6. The van der Waals surface area contributed by atoms with Gasteiger partial charge in [0.15, 0.2) is 0 Å². The number of phenols is 1. The zero-order valence-corrected chi connectivity index (χ0v) is 20.9. The standard InChI is InChI=1S/C19H24N2O8S4/c1-29-33(27,28)13-8-11-9-15(32(24,25)26)18(20)19(23)17(11)14(10-13)21-16(22)5-3-2-4-12-6-7-30-31-12/h8-10,12,23H,2-7,20H2,1H3,(H,21,22)(H,24,25,26). The van der Waals surface area contributed by atoms with Crippen LogP contribution in [-0.4, -0.2) is 50.5 Å². The number of hydrogen-bond donors (Lipinski definition) is 4. The lowest BCUT2D eigenvalue weighted by Crippen LogP contribution is -2.13. The van der Waals surface area contributed by atoms with Gasteiger partial charge in [0.25, 0.3) is 20.2 Å². The quantitative estimate of drug-likeness (QED) is 0.0924. The van der Waals surface area contributed by atoms with E-state index < -0.39 is 42.5 Å². The minimum absolute atomic E-state index is 0.0670. The second-order valence-electron chi connectivity index (χ2n) is 7.42. The normalized spacial score (nSPS) is 16.8. The summed E-state index contributed by atoms with van der Waals surface area (Å²) in [4.78, 5) is 11.4. The molecule has 1 atom stereocenters. The van der Waals surface area contributed by atoms with E-state index in [0.717, 1.165) is 50.3 Å². The molecule has 1 amide bonds. The van der Waals surface area contributed by atoms with Crippen LogP contribution in [0.15, 0.2) is 28.0 Å². The molecule has 2 aromatic carbocycles. The summed E-state index contributed by atoms with van der Waals surface area (Å²) in [6, 6.07) is 3.06. The fourth-order valence-electron chi connectivity index (χ4n) is 3.47. The van der Waals surface area contributed by atoms with Crippen molar-refractivity contribution in [1.82, 2.24) is 0 Å². The predicted molar refractivity (Wildman–Crippen MR) is 130 cm³/mol. The summed E-state index contributed by atoms with van der Waals surface area (Å²) in [6.45, 7) is 0. The lowest BCUT2D eigenvalue weighted by Gasteiger charge is -2.15. The highest BCUT2D eigenvalue weighted by Crippen LogP contribution is 2.42. The van der Waals surface area contributed by atoms with Crippen LogP contribution in [0.25, 0.3) is 10.8 Å². The molecule has 0 spiro atoms. The molecule has 0 radical (unpaired) electrons. The second-order valence-corrected chi connectivity index (χ2v) is 13.3. The van der Waals surface area contributed by atoms with E-state index in [1.807, 2.05) is 21.6 Å². The summed E-state index contributed by atoms with van der Waals surface area (Å²) in [7, 11) is -4.38.